The highest BCUT2D eigenvalue weighted by Crippen LogP contribution is 2.54. The maximum Gasteiger partial charge on any atom is 0.311 e. The number of hydrogen-bond acceptors (Lipinski definition) is 18. The van der Waals surface area contributed by atoms with E-state index in [0.717, 1.165) is 43.3 Å². The minimum Gasteiger partial charge on any atom is -0.428 e. The fourth-order valence-corrected chi connectivity index (χ4v) is 15.3. The summed E-state index contributed by atoms with van der Waals surface area (Å²) in [5.74, 6) is -2.99. The number of fused-ring (bicyclic) bond motifs is 6. The van der Waals surface area contributed by atoms with Gasteiger partial charge in [0.1, 0.15) is 42.1 Å². The summed E-state index contributed by atoms with van der Waals surface area (Å²) in [6, 6.07) is 0. The summed E-state index contributed by atoms with van der Waals surface area (Å²) < 4.78 is 71.0. The van der Waals surface area contributed by atoms with Crippen molar-refractivity contribution in [1.82, 2.24) is 4.90 Å². The summed E-state index contributed by atoms with van der Waals surface area (Å²) >= 11 is 1.39. The number of carbonyl (C=O) groups is 6. The third-order valence-corrected chi connectivity index (χ3v) is 19.7. The molecule has 11 heterocycles. The van der Waals surface area contributed by atoms with Crippen LogP contribution < -0.4 is 0 Å². The zero-order valence-corrected chi connectivity index (χ0v) is 44.6. The van der Waals surface area contributed by atoms with Gasteiger partial charge in [0.15, 0.2) is 5.79 Å². The average Bonchev–Trinajstić information content (AvgIpc) is 4.15. The van der Waals surface area contributed by atoms with Crippen LogP contribution in [0.2, 0.25) is 0 Å². The predicted octanol–water partition coefficient (Wildman–Crippen LogP) is 5.81. The van der Waals surface area contributed by atoms with Crippen LogP contribution in [-0.4, -0.2) is 170 Å². The van der Waals surface area contributed by atoms with Crippen molar-refractivity contribution in [3.8, 4) is 0 Å². The number of ether oxygens (including phenoxy) is 11. The van der Waals surface area contributed by atoms with Crippen LogP contribution in [-0.2, 0) is 80.9 Å². The quantitative estimate of drug-likeness (QED) is 0.0978. The first kappa shape index (κ1) is 53.9. The number of esters is 2. The van der Waals surface area contributed by atoms with Gasteiger partial charge >= 0.3 is 11.9 Å². The Morgan fingerprint density at radius 1 is 0.720 bits per heavy atom. The van der Waals surface area contributed by atoms with Crippen LogP contribution in [0.4, 0.5) is 0 Å². The number of rotatable bonds is 12. The molecule has 1 aliphatic carbocycles. The summed E-state index contributed by atoms with van der Waals surface area (Å²) in [6.45, 7) is 10.9. The van der Waals surface area contributed by atoms with Gasteiger partial charge in [0.25, 0.3) is 0 Å². The molecule has 11 aliphatic heterocycles. The van der Waals surface area contributed by atoms with E-state index in [0.29, 0.717) is 64.3 Å². The van der Waals surface area contributed by atoms with Gasteiger partial charge in [-0.2, -0.15) is 11.8 Å². The lowest BCUT2D eigenvalue weighted by atomic mass is 9.81. The van der Waals surface area contributed by atoms with Crippen LogP contribution in [0.3, 0.4) is 0 Å². The van der Waals surface area contributed by atoms with Crippen molar-refractivity contribution < 1.29 is 80.9 Å². The zero-order valence-electron chi connectivity index (χ0n) is 43.8. The molecule has 12 rings (SSSR count). The molecule has 12 bridgehead atoms. The van der Waals surface area contributed by atoms with Gasteiger partial charge in [0, 0.05) is 70.9 Å². The number of methoxy groups -OCH3 is 1. The third kappa shape index (κ3) is 11.3. The Bertz CT molecular complexity index is 2220. The van der Waals surface area contributed by atoms with Gasteiger partial charge < -0.3 is 52.1 Å². The molecule has 12 aliphatic rings. The molecule has 2 amide bonds. The highest BCUT2D eigenvalue weighted by molar-refractivity contribution is 8.00. The van der Waals surface area contributed by atoms with E-state index < -0.39 is 61.0 Å². The van der Waals surface area contributed by atoms with Crippen molar-refractivity contribution >= 4 is 47.1 Å². The Balaban J connectivity index is 0.711. The second-order valence-electron chi connectivity index (χ2n) is 23.6. The fourth-order valence-electron chi connectivity index (χ4n) is 14.7. The lowest BCUT2D eigenvalue weighted by molar-refractivity contribution is -0.292. The van der Waals surface area contributed by atoms with Gasteiger partial charge in [-0.05, 0) is 99.9 Å². The summed E-state index contributed by atoms with van der Waals surface area (Å²) in [5.41, 5.74) is 2.06. The van der Waals surface area contributed by atoms with Gasteiger partial charge in [0.2, 0.25) is 18.6 Å². The first-order valence-electron chi connectivity index (χ1n) is 28.0. The minimum absolute atomic E-state index is 0.00243. The Morgan fingerprint density at radius 3 is 2.25 bits per heavy atom. The van der Waals surface area contributed by atoms with Gasteiger partial charge in [-0.15, -0.1) is 0 Å². The lowest BCUT2D eigenvalue weighted by Crippen LogP contribution is -2.61. The molecule has 0 aromatic rings. The number of likely N-dealkylation sites (tertiary alicyclic amines) is 1. The molecule has 0 aromatic heterocycles. The summed E-state index contributed by atoms with van der Waals surface area (Å²) in [6.07, 6.45) is 6.77. The van der Waals surface area contributed by atoms with Crippen LogP contribution in [0.15, 0.2) is 24.3 Å². The molecule has 12 fully saturated rings. The Morgan fingerprint density at radius 2 is 1.47 bits per heavy atom. The molecule has 75 heavy (non-hydrogen) atoms. The normalized spacial score (nSPS) is 44.6. The number of thioether (sulfide) groups is 1. The second-order valence-corrected chi connectivity index (χ2v) is 24.7. The van der Waals surface area contributed by atoms with E-state index in [4.69, 9.17) is 52.1 Å². The first-order chi connectivity index (χ1) is 36.1. The maximum atomic E-state index is 14.4. The van der Waals surface area contributed by atoms with Gasteiger partial charge in [0.05, 0.1) is 78.6 Å². The molecule has 1 saturated carbocycles. The third-order valence-electron chi connectivity index (χ3n) is 18.8. The van der Waals surface area contributed by atoms with Gasteiger partial charge in [-0.1, -0.05) is 20.1 Å². The van der Waals surface area contributed by atoms with E-state index in [1.54, 1.807) is 7.11 Å². The second kappa shape index (κ2) is 22.6. The monoisotopic (exact) mass is 1070 g/mol. The largest absolute Gasteiger partial charge is 0.428 e. The molecular formula is C56H77NO17S. The molecule has 18 nitrogen and oxygen atoms in total. The molecule has 0 N–H and O–H groups in total. The number of Topliss-reactive ketones (excluding diaryl/α,β-unsaturated/α-hetero) is 2. The smallest absolute Gasteiger partial charge is 0.311 e. The molecule has 11 saturated heterocycles. The maximum absolute atomic E-state index is 14.4. The van der Waals surface area contributed by atoms with Crippen molar-refractivity contribution in [2.45, 2.75) is 238 Å². The van der Waals surface area contributed by atoms with E-state index in [9.17, 15) is 28.8 Å². The average molecular weight is 1070 g/mol. The Kier molecular flexibility index (Phi) is 16.2. The Labute approximate surface area is 443 Å². The minimum atomic E-state index is -0.842. The summed E-state index contributed by atoms with van der Waals surface area (Å²) in [7, 11) is 1.58. The SMILES string of the molecule is C=C1C[C@@H]2CC[C@@]34C[C@H]5O[C@@H]6C(O[C@H]7CC[C@H](CC(=O)C[C@@H]8[C@@H](OC)[C@@H](CC(=O)CCC(=O)OCOC(=O)C9CCC(CN%10C(=O)CC(SC)C%10=O)CC9)O[C@H]8C[C@H]8O[C@@H](CC[C@@H]1O2)C[C@@H](C)C8=C)O[C@@H]7[C@@H]6O3)[C@H]5O4. The van der Waals surface area contributed by atoms with E-state index in [1.807, 2.05) is 6.26 Å². The van der Waals surface area contributed by atoms with E-state index in [2.05, 4.69) is 20.1 Å². The van der Waals surface area contributed by atoms with Gasteiger partial charge in [-0.3, -0.25) is 33.7 Å². The fraction of sp³-hybridized carbons (Fsp3) is 0.821. The van der Waals surface area contributed by atoms with Crippen LogP contribution in [0.25, 0.3) is 0 Å². The van der Waals surface area contributed by atoms with Gasteiger partial charge in [-0.25, -0.2) is 0 Å². The summed E-state index contributed by atoms with van der Waals surface area (Å²) in [4.78, 5) is 80.2. The van der Waals surface area contributed by atoms with Crippen molar-refractivity contribution in [3.05, 3.63) is 24.3 Å². The number of nitrogens with zero attached hydrogens (tertiary/aromatic N) is 1. The van der Waals surface area contributed by atoms with E-state index >= 15 is 0 Å². The molecule has 19 heteroatoms. The van der Waals surface area contributed by atoms with Crippen LogP contribution in [0.5, 0.6) is 0 Å². The predicted molar refractivity (Wildman–Crippen MR) is 267 cm³/mol. The highest BCUT2D eigenvalue weighted by Gasteiger charge is 2.69. The topological polar surface area (TPSA) is 207 Å². The highest BCUT2D eigenvalue weighted by atomic mass is 32.2. The van der Waals surface area contributed by atoms with Crippen LogP contribution in [0.1, 0.15) is 135 Å². The van der Waals surface area contributed by atoms with Crippen molar-refractivity contribution in [2.24, 2.45) is 23.7 Å². The molecular weight excluding hydrogens is 991 g/mol. The number of carbonyl (C=O) groups excluding carboxylic acids is 6. The van der Waals surface area contributed by atoms with Crippen LogP contribution in [0, 0.1) is 23.7 Å². The molecule has 414 valence electrons. The van der Waals surface area contributed by atoms with Crippen molar-refractivity contribution in [1.29, 1.82) is 0 Å². The van der Waals surface area contributed by atoms with Crippen LogP contribution >= 0.6 is 11.8 Å². The summed E-state index contributed by atoms with van der Waals surface area (Å²) in [5, 5.41) is -0.320. The van der Waals surface area contributed by atoms with E-state index in [1.165, 1.54) is 16.7 Å². The number of hydrogen-bond donors (Lipinski definition) is 0. The number of imide groups is 1. The van der Waals surface area contributed by atoms with Crippen molar-refractivity contribution in [2.75, 3.05) is 26.7 Å². The molecule has 2 unspecified atom stereocenters. The first-order valence-corrected chi connectivity index (χ1v) is 29.3. The lowest BCUT2D eigenvalue weighted by Gasteiger charge is -2.47. The zero-order chi connectivity index (χ0) is 52.3. The van der Waals surface area contributed by atoms with Crippen molar-refractivity contribution in [3.63, 3.8) is 0 Å². The number of amides is 2. The number of ketones is 2. The Hall–Kier alpha value is -3.11. The standard InChI is InChI=1S/C56H77NO17S/c1-28-18-35-11-13-39-29(2)19-37(67-39)16-17-56-25-44-50(73-56)51-52(72-44)53(74-56)49-40(71-51)14-12-36(69-49)20-34(59)21-38-42(23-41(68-35)30(28)3)70-43(48(38)64-4)22-33(58)10-15-47(61)65-27-66-55(63)32-8-6-31(7-9-32)26-57-46(60)24-45(75-5)54(57)62/h28,31-32,35-45,48-53H,2-3,6-27H2,1,4-5H3/t28-,31?,32?,35+,36-,37+,38+,39+,40+,41-,42+,43-,44-,45?,48-,49+,50+,51?,52-,53+,56+/m1/s1. The molecule has 1 spiro atoms. The molecule has 19 atom stereocenters. The molecule has 0 aromatic carbocycles. The molecule has 0 radical (unpaired) electrons. The van der Waals surface area contributed by atoms with E-state index in [-0.39, 0.29) is 146 Å².